The molecule has 0 fully saturated rings. The first-order valence-corrected chi connectivity index (χ1v) is 16.7. The summed E-state index contributed by atoms with van der Waals surface area (Å²) >= 11 is 3.81. The minimum Gasteiger partial charge on any atom is -0.135 e. The van der Waals surface area contributed by atoms with E-state index in [9.17, 15) is 0 Å². The molecule has 2 heterocycles. The minimum atomic E-state index is 1.29. The second kappa shape index (κ2) is 9.24. The van der Waals surface area contributed by atoms with Crippen LogP contribution in [0.4, 0.5) is 0 Å². The van der Waals surface area contributed by atoms with Gasteiger partial charge in [0.1, 0.15) is 0 Å². The maximum Gasteiger partial charge on any atom is 0.0434 e. The van der Waals surface area contributed by atoms with E-state index in [0.717, 1.165) is 0 Å². The Bertz CT molecular complexity index is 2720. The average molecular weight is 593 g/mol. The van der Waals surface area contributed by atoms with Crippen molar-refractivity contribution < 1.29 is 0 Å². The van der Waals surface area contributed by atoms with E-state index in [2.05, 4.69) is 146 Å². The predicted octanol–water partition coefficient (Wildman–Crippen LogP) is 13.2. The van der Waals surface area contributed by atoms with Crippen molar-refractivity contribution in [3.8, 4) is 22.3 Å². The van der Waals surface area contributed by atoms with Gasteiger partial charge in [0.05, 0.1) is 0 Å². The Kier molecular flexibility index (Phi) is 5.13. The lowest BCUT2D eigenvalue weighted by Gasteiger charge is -2.18. The van der Waals surface area contributed by atoms with Gasteiger partial charge in [0, 0.05) is 45.9 Å². The molecule has 0 aliphatic heterocycles. The second-order valence-electron chi connectivity index (χ2n) is 11.6. The first kappa shape index (κ1) is 24.4. The normalized spacial score (nSPS) is 12.1. The molecule has 204 valence electrons. The van der Waals surface area contributed by atoms with Crippen LogP contribution in [-0.2, 0) is 0 Å². The molecular formula is C42H24S2. The minimum absolute atomic E-state index is 1.29. The number of fused-ring (bicyclic) bond motifs is 9. The van der Waals surface area contributed by atoms with Gasteiger partial charge in [-0.3, -0.25) is 0 Å². The van der Waals surface area contributed by atoms with Crippen molar-refractivity contribution in [1.29, 1.82) is 0 Å². The highest BCUT2D eigenvalue weighted by Gasteiger charge is 2.21. The van der Waals surface area contributed by atoms with Gasteiger partial charge in [0.25, 0.3) is 0 Å². The van der Waals surface area contributed by atoms with Crippen LogP contribution in [0.2, 0.25) is 0 Å². The summed E-state index contributed by atoms with van der Waals surface area (Å²) in [6.45, 7) is 0. The van der Waals surface area contributed by atoms with Crippen molar-refractivity contribution in [2.45, 2.75) is 0 Å². The molecule has 0 bridgehead atoms. The molecular weight excluding hydrogens is 569 g/mol. The van der Waals surface area contributed by atoms with Crippen molar-refractivity contribution >= 4 is 95.3 Å². The number of hydrogen-bond acceptors (Lipinski definition) is 2. The zero-order valence-corrected chi connectivity index (χ0v) is 25.3. The molecule has 0 amide bonds. The maximum atomic E-state index is 2.37. The van der Waals surface area contributed by atoms with E-state index in [-0.39, 0.29) is 0 Å². The molecule has 0 atom stereocenters. The van der Waals surface area contributed by atoms with Crippen molar-refractivity contribution in [2.75, 3.05) is 0 Å². The summed E-state index contributed by atoms with van der Waals surface area (Å²) in [5, 5.41) is 13.1. The molecule has 0 N–H and O–H groups in total. The van der Waals surface area contributed by atoms with Gasteiger partial charge in [-0.2, -0.15) is 0 Å². The van der Waals surface area contributed by atoms with E-state index in [1.54, 1.807) is 0 Å². The smallest absolute Gasteiger partial charge is 0.0434 e. The fourth-order valence-electron chi connectivity index (χ4n) is 7.37. The van der Waals surface area contributed by atoms with Crippen LogP contribution in [0.25, 0.3) is 94.9 Å². The Hall–Kier alpha value is -5.02. The summed E-state index contributed by atoms with van der Waals surface area (Å²) in [5.41, 5.74) is 5.27. The van der Waals surface area contributed by atoms with Crippen LogP contribution >= 0.6 is 22.7 Å². The summed E-state index contributed by atoms with van der Waals surface area (Å²) in [7, 11) is 0. The summed E-state index contributed by atoms with van der Waals surface area (Å²) in [6.07, 6.45) is 0. The SMILES string of the molecule is c1ccc2cc3c(cc2c1)sc1c(-c2c4ccccc4c(-c4cccc5sc6ccccc6c45)c4ccccc24)cccc13. The van der Waals surface area contributed by atoms with Crippen molar-refractivity contribution in [1.82, 2.24) is 0 Å². The molecule has 0 saturated carbocycles. The maximum absolute atomic E-state index is 2.37. The molecule has 0 saturated heterocycles. The molecule has 44 heavy (non-hydrogen) atoms. The lowest BCUT2D eigenvalue weighted by atomic mass is 9.84. The average Bonchev–Trinajstić information content (AvgIpc) is 3.64. The molecule has 0 radical (unpaired) electrons. The van der Waals surface area contributed by atoms with E-state index in [1.165, 1.54) is 94.9 Å². The summed E-state index contributed by atoms with van der Waals surface area (Å²) in [5.74, 6) is 0. The van der Waals surface area contributed by atoms with Crippen molar-refractivity contribution in [3.05, 3.63) is 146 Å². The number of benzene rings is 8. The van der Waals surface area contributed by atoms with E-state index in [0.29, 0.717) is 0 Å². The van der Waals surface area contributed by atoms with E-state index < -0.39 is 0 Å². The Balaban J connectivity index is 1.35. The molecule has 0 aliphatic rings. The first-order valence-electron chi connectivity index (χ1n) is 15.0. The lowest BCUT2D eigenvalue weighted by molar-refractivity contribution is 1.71. The first-order chi connectivity index (χ1) is 21.8. The van der Waals surface area contributed by atoms with E-state index >= 15 is 0 Å². The van der Waals surface area contributed by atoms with Crippen LogP contribution in [0.5, 0.6) is 0 Å². The second-order valence-corrected chi connectivity index (χ2v) is 13.7. The van der Waals surface area contributed by atoms with Crippen LogP contribution in [0, 0.1) is 0 Å². The molecule has 10 aromatic rings. The van der Waals surface area contributed by atoms with Crippen LogP contribution in [0.3, 0.4) is 0 Å². The fraction of sp³-hybridized carbons (Fsp3) is 0. The van der Waals surface area contributed by atoms with E-state index in [4.69, 9.17) is 0 Å². The molecule has 0 nitrogen and oxygen atoms in total. The summed E-state index contributed by atoms with van der Waals surface area (Å²) < 4.78 is 5.37. The zero-order valence-electron chi connectivity index (χ0n) is 23.7. The standard InChI is InChI=1S/C42H24S2/c1-2-12-26-24-38-35(23-25(26)11-1)31-18-9-20-34(42(31)44-38)40-29-15-5-3-13-27(29)39(28-14-4-6-16-30(28)40)33-19-10-22-37-41(33)32-17-7-8-21-36(32)43-37/h1-24H. The predicted molar refractivity (Wildman–Crippen MR) is 196 cm³/mol. The topological polar surface area (TPSA) is 0 Å². The van der Waals surface area contributed by atoms with Gasteiger partial charge in [-0.05, 0) is 73.3 Å². The largest absolute Gasteiger partial charge is 0.135 e. The Morgan fingerprint density at radius 3 is 1.57 bits per heavy atom. The molecule has 0 aliphatic carbocycles. The molecule has 0 spiro atoms. The highest BCUT2D eigenvalue weighted by atomic mass is 32.1. The highest BCUT2D eigenvalue weighted by molar-refractivity contribution is 7.26. The van der Waals surface area contributed by atoms with Crippen molar-refractivity contribution in [2.24, 2.45) is 0 Å². The van der Waals surface area contributed by atoms with Crippen LogP contribution in [0.1, 0.15) is 0 Å². The molecule has 10 rings (SSSR count). The third kappa shape index (κ3) is 3.38. The molecule has 8 aromatic carbocycles. The van der Waals surface area contributed by atoms with Crippen LogP contribution in [0.15, 0.2) is 146 Å². The Morgan fingerprint density at radius 2 is 0.841 bits per heavy atom. The van der Waals surface area contributed by atoms with Gasteiger partial charge in [0.2, 0.25) is 0 Å². The molecule has 0 unspecified atom stereocenters. The monoisotopic (exact) mass is 592 g/mol. The molecule has 2 heteroatoms. The highest BCUT2D eigenvalue weighted by Crippen LogP contribution is 2.50. The van der Waals surface area contributed by atoms with Crippen LogP contribution in [-0.4, -0.2) is 0 Å². The van der Waals surface area contributed by atoms with Gasteiger partial charge in [-0.1, -0.05) is 121 Å². The van der Waals surface area contributed by atoms with Crippen molar-refractivity contribution in [3.63, 3.8) is 0 Å². The third-order valence-corrected chi connectivity index (χ3v) is 11.6. The molecule has 2 aromatic heterocycles. The van der Waals surface area contributed by atoms with Gasteiger partial charge in [-0.15, -0.1) is 22.7 Å². The zero-order chi connectivity index (χ0) is 28.8. The summed E-state index contributed by atoms with van der Waals surface area (Å²) in [4.78, 5) is 0. The van der Waals surface area contributed by atoms with Gasteiger partial charge in [-0.25, -0.2) is 0 Å². The van der Waals surface area contributed by atoms with Gasteiger partial charge < -0.3 is 0 Å². The van der Waals surface area contributed by atoms with Gasteiger partial charge in [0.15, 0.2) is 0 Å². The number of hydrogen-bond donors (Lipinski definition) is 0. The fourth-order valence-corrected chi connectivity index (χ4v) is 9.76. The van der Waals surface area contributed by atoms with Gasteiger partial charge >= 0.3 is 0 Å². The van der Waals surface area contributed by atoms with Crippen LogP contribution < -0.4 is 0 Å². The number of thiophene rings is 2. The third-order valence-electron chi connectivity index (χ3n) is 9.24. The Morgan fingerprint density at radius 1 is 0.318 bits per heavy atom. The van der Waals surface area contributed by atoms with E-state index in [1.807, 2.05) is 22.7 Å². The number of rotatable bonds is 2. The Labute approximate surface area is 262 Å². The summed E-state index contributed by atoms with van der Waals surface area (Å²) in [6, 6.07) is 54.1. The quantitative estimate of drug-likeness (QED) is 0.175. The lowest BCUT2D eigenvalue weighted by Crippen LogP contribution is -1.91.